The van der Waals surface area contributed by atoms with E-state index in [4.69, 9.17) is 35.5 Å². The number of morpholine rings is 1. The summed E-state index contributed by atoms with van der Waals surface area (Å²) in [6.07, 6.45) is 3.28. The molecule has 192 valence electrons. The summed E-state index contributed by atoms with van der Waals surface area (Å²) in [4.78, 5) is 22.3. The van der Waals surface area contributed by atoms with Gasteiger partial charge >= 0.3 is 0 Å². The first-order valence-electron chi connectivity index (χ1n) is 11.6. The lowest BCUT2D eigenvalue weighted by molar-refractivity contribution is -0.114. The molecular formula is C26H30ClN3O5S. The summed E-state index contributed by atoms with van der Waals surface area (Å²) in [6, 6.07) is 7.40. The fourth-order valence-corrected chi connectivity index (χ4v) is 5.38. The van der Waals surface area contributed by atoms with E-state index in [1.807, 2.05) is 19.1 Å². The van der Waals surface area contributed by atoms with Crippen LogP contribution in [0.15, 0.2) is 30.3 Å². The minimum absolute atomic E-state index is 0.176. The van der Waals surface area contributed by atoms with E-state index >= 15 is 0 Å². The van der Waals surface area contributed by atoms with Crippen LogP contribution in [0.25, 0.3) is 16.3 Å². The second-order valence-corrected chi connectivity index (χ2v) is 9.66. The minimum atomic E-state index is -0.176. The number of thiazole rings is 1. The van der Waals surface area contributed by atoms with Gasteiger partial charge in [0.2, 0.25) is 5.75 Å². The predicted molar refractivity (Wildman–Crippen MR) is 144 cm³/mol. The second kappa shape index (κ2) is 11.9. The van der Waals surface area contributed by atoms with Crippen LogP contribution in [0.3, 0.4) is 0 Å². The zero-order valence-corrected chi connectivity index (χ0v) is 22.4. The number of carbonyl (C=O) groups is 1. The normalized spacial score (nSPS) is 14.4. The second-order valence-electron chi connectivity index (χ2n) is 8.27. The lowest BCUT2D eigenvalue weighted by Gasteiger charge is -2.28. The van der Waals surface area contributed by atoms with Gasteiger partial charge in [-0.2, -0.15) is 0 Å². The summed E-state index contributed by atoms with van der Waals surface area (Å²) in [5.74, 6) is 1.36. The molecule has 4 rings (SSSR count). The van der Waals surface area contributed by atoms with Crippen LogP contribution in [0.1, 0.15) is 11.1 Å². The summed E-state index contributed by atoms with van der Waals surface area (Å²) in [5.41, 5.74) is 2.58. The molecule has 1 aliphatic rings. The number of nitrogens with zero attached hydrogens (tertiary/aromatic N) is 3. The van der Waals surface area contributed by atoms with Crippen molar-refractivity contribution in [1.29, 1.82) is 0 Å². The Bertz CT molecular complexity index is 1190. The van der Waals surface area contributed by atoms with Gasteiger partial charge in [0.1, 0.15) is 0 Å². The van der Waals surface area contributed by atoms with Crippen LogP contribution < -0.4 is 19.1 Å². The monoisotopic (exact) mass is 531 g/mol. The van der Waals surface area contributed by atoms with Gasteiger partial charge in [0.15, 0.2) is 16.6 Å². The van der Waals surface area contributed by atoms with Gasteiger partial charge in [0.25, 0.3) is 5.91 Å². The van der Waals surface area contributed by atoms with Crippen molar-refractivity contribution in [1.82, 2.24) is 9.88 Å². The Balaban J connectivity index is 1.64. The van der Waals surface area contributed by atoms with Crippen LogP contribution in [-0.2, 0) is 9.53 Å². The van der Waals surface area contributed by atoms with E-state index in [2.05, 4.69) is 4.90 Å². The van der Waals surface area contributed by atoms with Crippen LogP contribution in [0, 0.1) is 6.92 Å². The quantitative estimate of drug-likeness (QED) is 0.372. The summed E-state index contributed by atoms with van der Waals surface area (Å²) in [7, 11) is 4.67. The van der Waals surface area contributed by atoms with Gasteiger partial charge in [-0.3, -0.25) is 14.6 Å². The average molecular weight is 532 g/mol. The largest absolute Gasteiger partial charge is 0.493 e. The van der Waals surface area contributed by atoms with E-state index in [0.29, 0.717) is 47.2 Å². The number of amides is 1. The number of carbonyl (C=O) groups excluding carboxylic acids is 1. The lowest BCUT2D eigenvalue weighted by atomic mass is 10.1. The lowest BCUT2D eigenvalue weighted by Crippen LogP contribution is -2.42. The number of aryl methyl sites for hydroxylation is 1. The fourth-order valence-electron chi connectivity index (χ4n) is 4.03. The highest BCUT2D eigenvalue weighted by Gasteiger charge is 2.22. The van der Waals surface area contributed by atoms with Gasteiger partial charge in [-0.25, -0.2) is 4.98 Å². The highest BCUT2D eigenvalue weighted by Crippen LogP contribution is 2.39. The molecule has 1 saturated heterocycles. The third kappa shape index (κ3) is 5.75. The minimum Gasteiger partial charge on any atom is -0.493 e. The van der Waals surface area contributed by atoms with Crippen molar-refractivity contribution >= 4 is 50.3 Å². The third-order valence-electron chi connectivity index (χ3n) is 6.03. The molecule has 0 saturated carbocycles. The molecule has 36 heavy (non-hydrogen) atoms. The van der Waals surface area contributed by atoms with E-state index in [0.717, 1.165) is 41.0 Å². The highest BCUT2D eigenvalue weighted by atomic mass is 35.5. The molecule has 0 radical (unpaired) electrons. The van der Waals surface area contributed by atoms with Crippen molar-refractivity contribution < 1.29 is 23.7 Å². The zero-order valence-electron chi connectivity index (χ0n) is 20.9. The topological polar surface area (TPSA) is 73.4 Å². The summed E-state index contributed by atoms with van der Waals surface area (Å²) in [6.45, 7) is 6.29. The molecule has 0 N–H and O–H groups in total. The number of fused-ring (bicyclic) bond motifs is 1. The third-order valence-corrected chi connectivity index (χ3v) is 7.57. The number of benzene rings is 2. The molecule has 1 fully saturated rings. The smallest absolute Gasteiger partial charge is 0.252 e. The van der Waals surface area contributed by atoms with Crippen LogP contribution >= 0.6 is 22.9 Å². The average Bonchev–Trinajstić information content (AvgIpc) is 3.36. The number of aromatic nitrogens is 1. The standard InChI is InChI=1S/C26H30ClN3O5S/c1-17-5-7-19(27)25-23(17)28-26(36-25)30(10-9-29-11-13-35-14-12-29)22(31)8-6-18-15-20(32-2)24(34-4)21(16-18)33-3/h5-8,15-16H,9-14H2,1-4H3/b8-6+. The number of hydrogen-bond donors (Lipinski definition) is 0. The van der Waals surface area contributed by atoms with Crippen molar-refractivity contribution in [3.63, 3.8) is 0 Å². The fraction of sp³-hybridized carbons (Fsp3) is 0.385. The molecule has 2 aromatic carbocycles. The van der Waals surface area contributed by atoms with Crippen LogP contribution in [-0.4, -0.2) is 76.5 Å². The maximum Gasteiger partial charge on any atom is 0.252 e. The molecule has 1 aromatic heterocycles. The summed E-state index contributed by atoms with van der Waals surface area (Å²) in [5, 5.41) is 1.25. The molecule has 2 heterocycles. The van der Waals surface area contributed by atoms with Gasteiger partial charge in [-0.05, 0) is 42.3 Å². The molecule has 10 heteroatoms. The Kier molecular flexibility index (Phi) is 8.68. The first-order valence-corrected chi connectivity index (χ1v) is 12.8. The Morgan fingerprint density at radius 1 is 1.17 bits per heavy atom. The van der Waals surface area contributed by atoms with Crippen LogP contribution in [0.2, 0.25) is 5.02 Å². The molecular weight excluding hydrogens is 502 g/mol. The van der Waals surface area contributed by atoms with Crippen molar-refractivity contribution in [2.24, 2.45) is 0 Å². The van der Waals surface area contributed by atoms with E-state index in [9.17, 15) is 4.79 Å². The van der Waals surface area contributed by atoms with Gasteiger partial charge in [0, 0.05) is 32.3 Å². The van der Waals surface area contributed by atoms with Gasteiger partial charge in [-0.1, -0.05) is 29.0 Å². The van der Waals surface area contributed by atoms with E-state index < -0.39 is 0 Å². The van der Waals surface area contributed by atoms with E-state index in [1.54, 1.807) is 50.5 Å². The Hall–Kier alpha value is -2.85. The molecule has 0 atom stereocenters. The molecule has 0 bridgehead atoms. The number of halogens is 1. The molecule has 3 aromatic rings. The van der Waals surface area contributed by atoms with Gasteiger partial charge in [-0.15, -0.1) is 0 Å². The number of hydrogen-bond acceptors (Lipinski definition) is 8. The molecule has 0 aliphatic carbocycles. The Labute approximate surface area is 220 Å². The molecule has 1 amide bonds. The van der Waals surface area contributed by atoms with E-state index in [-0.39, 0.29) is 5.91 Å². The first-order chi connectivity index (χ1) is 17.4. The predicted octanol–water partition coefficient (Wildman–Crippen LogP) is 4.66. The Morgan fingerprint density at radius 2 is 1.86 bits per heavy atom. The van der Waals surface area contributed by atoms with Crippen LogP contribution in [0.5, 0.6) is 17.2 Å². The van der Waals surface area contributed by atoms with Crippen molar-refractivity contribution in [2.75, 3.05) is 65.6 Å². The van der Waals surface area contributed by atoms with Crippen molar-refractivity contribution in [3.05, 3.63) is 46.5 Å². The SMILES string of the molecule is COc1cc(/C=C/C(=O)N(CCN2CCOCC2)c2nc3c(C)ccc(Cl)c3s2)cc(OC)c1OC. The Morgan fingerprint density at radius 3 is 2.47 bits per heavy atom. The number of ether oxygens (including phenoxy) is 4. The summed E-state index contributed by atoms with van der Waals surface area (Å²) < 4.78 is 22.6. The van der Waals surface area contributed by atoms with Crippen molar-refractivity contribution in [3.8, 4) is 17.2 Å². The number of methoxy groups -OCH3 is 3. The highest BCUT2D eigenvalue weighted by molar-refractivity contribution is 7.23. The molecule has 0 unspecified atom stereocenters. The molecule has 1 aliphatic heterocycles. The first kappa shape index (κ1) is 26.2. The van der Waals surface area contributed by atoms with E-state index in [1.165, 1.54) is 11.3 Å². The van der Waals surface area contributed by atoms with Gasteiger partial charge in [0.05, 0.1) is 49.8 Å². The number of rotatable bonds is 9. The number of anilines is 1. The van der Waals surface area contributed by atoms with Crippen LogP contribution in [0.4, 0.5) is 5.13 Å². The zero-order chi connectivity index (χ0) is 25.7. The van der Waals surface area contributed by atoms with Crippen molar-refractivity contribution in [2.45, 2.75) is 6.92 Å². The molecule has 8 nitrogen and oxygen atoms in total. The molecule has 0 spiro atoms. The maximum atomic E-state index is 13.5. The summed E-state index contributed by atoms with van der Waals surface area (Å²) >= 11 is 7.87. The maximum absolute atomic E-state index is 13.5. The van der Waals surface area contributed by atoms with Gasteiger partial charge < -0.3 is 18.9 Å².